The summed E-state index contributed by atoms with van der Waals surface area (Å²) in [6.45, 7) is -3.07. The molecule has 1 aliphatic heterocycles. The van der Waals surface area contributed by atoms with Gasteiger partial charge in [-0.15, -0.1) is 3.77 Å². The lowest BCUT2D eigenvalue weighted by atomic mass is 10.3. The van der Waals surface area contributed by atoms with Gasteiger partial charge in [0.2, 0.25) is 0 Å². The second-order valence-electron chi connectivity index (χ2n) is 4.17. The van der Waals surface area contributed by atoms with Gasteiger partial charge in [-0.1, -0.05) is 16.8 Å². The lowest BCUT2D eigenvalue weighted by Gasteiger charge is -2.10. The number of hydrogen-bond donors (Lipinski definition) is 1. The number of alkyl halides is 2. The van der Waals surface area contributed by atoms with Crippen molar-refractivity contribution in [3.63, 3.8) is 0 Å². The van der Waals surface area contributed by atoms with Crippen LogP contribution in [-0.2, 0) is 20.7 Å². The summed E-state index contributed by atoms with van der Waals surface area (Å²) in [5.74, 6) is 1.13. The van der Waals surface area contributed by atoms with Gasteiger partial charge in [-0.3, -0.25) is 0 Å². The third kappa shape index (κ3) is 3.45. The summed E-state index contributed by atoms with van der Waals surface area (Å²) in [6.07, 6.45) is 1.90. The first-order valence-electron chi connectivity index (χ1n) is 5.89. The van der Waals surface area contributed by atoms with Crippen molar-refractivity contribution in [3.8, 4) is 5.75 Å². The summed E-state index contributed by atoms with van der Waals surface area (Å²) in [5, 5.41) is 0. The molecule has 1 saturated heterocycles. The van der Waals surface area contributed by atoms with Crippen LogP contribution >= 0.6 is 0 Å². The van der Waals surface area contributed by atoms with Crippen molar-refractivity contribution in [2.45, 2.75) is 24.3 Å². The second kappa shape index (κ2) is 6.04. The smallest absolute Gasteiger partial charge is 0.387 e. The first-order chi connectivity index (χ1) is 9.40. The fraction of sp³-hybridized carbons (Fsp3) is 0.455. The Morgan fingerprint density at radius 2 is 1.95 bits per heavy atom. The van der Waals surface area contributed by atoms with Gasteiger partial charge in [-0.25, -0.2) is 0 Å². The van der Waals surface area contributed by atoms with Gasteiger partial charge in [0.05, 0.1) is 5.69 Å². The van der Waals surface area contributed by atoms with Gasteiger partial charge in [0.15, 0.2) is 0 Å². The number of rotatable bonds is 4. The Morgan fingerprint density at radius 3 is 2.55 bits per heavy atom. The summed E-state index contributed by atoms with van der Waals surface area (Å²) in [5.41, 5.74) is 5.26. The predicted molar refractivity (Wildman–Crippen MR) is 73.4 cm³/mol. The molecular weight excluding hydrogens is 310 g/mol. The number of para-hydroxylation sites is 1. The average Bonchev–Trinajstić information content (AvgIpc) is 2.83. The Kier molecular flexibility index (Phi) is 4.59. The van der Waals surface area contributed by atoms with Crippen molar-refractivity contribution in [1.82, 2.24) is 0 Å². The summed E-state index contributed by atoms with van der Waals surface area (Å²) in [7, 11) is -4.48. The van der Waals surface area contributed by atoms with E-state index in [4.69, 9.17) is 5.73 Å². The summed E-state index contributed by atoms with van der Waals surface area (Å²) in [4.78, 5) is -0.282. The van der Waals surface area contributed by atoms with E-state index in [9.17, 15) is 17.2 Å². The fourth-order valence-corrected chi connectivity index (χ4v) is 5.78. The molecule has 2 N–H and O–H groups in total. The molecule has 0 aromatic heterocycles. The zero-order valence-electron chi connectivity index (χ0n) is 10.5. The maximum atomic E-state index is 12.2. The molecule has 1 heterocycles. The molecule has 0 spiro atoms. The molecule has 112 valence electrons. The minimum absolute atomic E-state index is 0.282. The minimum Gasteiger partial charge on any atom is -0.433 e. The van der Waals surface area contributed by atoms with E-state index in [0.29, 0.717) is 0 Å². The van der Waals surface area contributed by atoms with Crippen molar-refractivity contribution in [1.29, 1.82) is 0 Å². The molecule has 1 fully saturated rings. The SMILES string of the molecule is Nc1c(OC(F)F)cccc1S(=O)(=O)N=S1CCCC1. The van der Waals surface area contributed by atoms with Crippen LogP contribution in [0.1, 0.15) is 12.8 Å². The van der Waals surface area contributed by atoms with E-state index in [2.05, 4.69) is 8.50 Å². The van der Waals surface area contributed by atoms with Crippen LogP contribution in [0.3, 0.4) is 0 Å². The van der Waals surface area contributed by atoms with Gasteiger partial charge in [-0.05, 0) is 25.0 Å². The van der Waals surface area contributed by atoms with E-state index in [0.717, 1.165) is 24.3 Å². The van der Waals surface area contributed by atoms with Crippen LogP contribution in [0.25, 0.3) is 0 Å². The highest BCUT2D eigenvalue weighted by atomic mass is 32.3. The Bertz CT molecular complexity index is 625. The zero-order valence-corrected chi connectivity index (χ0v) is 12.1. The van der Waals surface area contributed by atoms with Gasteiger partial charge < -0.3 is 10.5 Å². The largest absolute Gasteiger partial charge is 0.433 e. The van der Waals surface area contributed by atoms with Gasteiger partial charge in [-0.2, -0.15) is 17.2 Å². The van der Waals surface area contributed by atoms with Gasteiger partial charge in [0.25, 0.3) is 10.0 Å². The van der Waals surface area contributed by atoms with Crippen LogP contribution in [0.15, 0.2) is 26.9 Å². The number of sulfonamides is 1. The molecule has 2 rings (SSSR count). The van der Waals surface area contributed by atoms with Gasteiger partial charge in [0.1, 0.15) is 10.6 Å². The highest BCUT2D eigenvalue weighted by Gasteiger charge is 2.22. The molecule has 9 heteroatoms. The van der Waals surface area contributed by atoms with Crippen molar-refractivity contribution in [3.05, 3.63) is 18.2 Å². The lowest BCUT2D eigenvalue weighted by molar-refractivity contribution is -0.0494. The quantitative estimate of drug-likeness (QED) is 0.861. The molecule has 0 radical (unpaired) electrons. The number of ether oxygens (including phenoxy) is 1. The van der Waals surface area contributed by atoms with Crippen molar-refractivity contribution in [2.24, 2.45) is 3.77 Å². The van der Waals surface area contributed by atoms with Crippen LogP contribution in [0.4, 0.5) is 14.5 Å². The number of nitrogens with two attached hydrogens (primary N) is 1. The number of nitrogens with zero attached hydrogens (tertiary/aromatic N) is 1. The summed E-state index contributed by atoms with van der Waals surface area (Å²) >= 11 is 0. The highest BCUT2D eigenvalue weighted by Crippen LogP contribution is 2.31. The average molecular weight is 324 g/mol. The topological polar surface area (TPSA) is 81.8 Å². The number of anilines is 1. The predicted octanol–water partition coefficient (Wildman–Crippen LogP) is 2.15. The third-order valence-electron chi connectivity index (χ3n) is 2.73. The molecule has 5 nitrogen and oxygen atoms in total. The Balaban J connectivity index is 2.39. The third-order valence-corrected chi connectivity index (χ3v) is 6.79. The van der Waals surface area contributed by atoms with Crippen molar-refractivity contribution in [2.75, 3.05) is 17.2 Å². The lowest BCUT2D eigenvalue weighted by Crippen LogP contribution is -2.09. The van der Waals surface area contributed by atoms with E-state index in [1.54, 1.807) is 0 Å². The zero-order chi connectivity index (χ0) is 14.8. The van der Waals surface area contributed by atoms with E-state index in [-0.39, 0.29) is 16.3 Å². The normalized spacial score (nSPS) is 16.6. The number of halogens is 2. The Labute approximate surface area is 118 Å². The molecule has 1 aromatic rings. The molecule has 0 atom stereocenters. The maximum absolute atomic E-state index is 12.2. The Hall–Kier alpha value is -1.22. The first kappa shape index (κ1) is 15.2. The van der Waals surface area contributed by atoms with E-state index in [1.807, 2.05) is 0 Å². The number of benzene rings is 1. The maximum Gasteiger partial charge on any atom is 0.387 e. The van der Waals surface area contributed by atoms with E-state index < -0.39 is 27.3 Å². The number of nitrogen functional groups attached to an aromatic ring is 1. The van der Waals surface area contributed by atoms with Crippen LogP contribution < -0.4 is 10.5 Å². The van der Waals surface area contributed by atoms with Crippen LogP contribution in [0, 0.1) is 0 Å². The summed E-state index contributed by atoms with van der Waals surface area (Å²) < 4.78 is 56.8. The Morgan fingerprint density at radius 1 is 1.30 bits per heavy atom. The standard InChI is InChI=1S/C11H14F2N2O3S2/c12-11(13)18-8-4-3-5-9(10(8)14)20(16,17)15-19-6-1-2-7-19/h3-5,11H,1-2,6-7,14H2. The molecule has 0 saturated carbocycles. The first-order valence-corrected chi connectivity index (χ1v) is 8.85. The number of hydrogen-bond acceptors (Lipinski definition) is 4. The van der Waals surface area contributed by atoms with Crippen LogP contribution in [0.5, 0.6) is 5.75 Å². The molecule has 0 bridgehead atoms. The molecule has 0 unspecified atom stereocenters. The molecule has 1 aliphatic rings. The minimum atomic E-state index is -3.95. The van der Waals surface area contributed by atoms with Crippen molar-refractivity contribution < 1.29 is 21.9 Å². The van der Waals surface area contributed by atoms with E-state index >= 15 is 0 Å². The van der Waals surface area contributed by atoms with Crippen LogP contribution in [-0.4, -0.2) is 26.5 Å². The van der Waals surface area contributed by atoms with Crippen molar-refractivity contribution >= 4 is 26.4 Å². The monoisotopic (exact) mass is 324 g/mol. The molecular formula is C11H14F2N2O3S2. The molecule has 1 aromatic carbocycles. The van der Waals surface area contributed by atoms with E-state index in [1.165, 1.54) is 18.2 Å². The fourth-order valence-electron chi connectivity index (χ4n) is 1.84. The van der Waals surface area contributed by atoms with Gasteiger partial charge >= 0.3 is 6.61 Å². The van der Waals surface area contributed by atoms with Gasteiger partial charge in [0, 0.05) is 11.5 Å². The summed E-state index contributed by atoms with van der Waals surface area (Å²) in [6, 6.07) is 3.73. The molecule has 0 amide bonds. The second-order valence-corrected chi connectivity index (χ2v) is 7.90. The highest BCUT2D eigenvalue weighted by molar-refractivity contribution is 8.00. The van der Waals surface area contributed by atoms with Crippen LogP contribution in [0.2, 0.25) is 0 Å². The molecule has 0 aliphatic carbocycles. The molecule has 20 heavy (non-hydrogen) atoms.